The summed E-state index contributed by atoms with van der Waals surface area (Å²) in [5, 5.41) is 3.59. The van der Waals surface area contributed by atoms with Gasteiger partial charge in [-0.05, 0) is 36.4 Å². The first-order chi connectivity index (χ1) is 21.4. The number of alkyl halides is 1. The van der Waals surface area contributed by atoms with Crippen molar-refractivity contribution in [3.8, 4) is 0 Å². The number of H-pyrrole nitrogens is 1. The molecule has 0 amide bonds. The maximum atomic E-state index is 17.0. The van der Waals surface area contributed by atoms with E-state index in [0.29, 0.717) is 22.1 Å². The Morgan fingerprint density at radius 3 is 2.13 bits per heavy atom. The third kappa shape index (κ3) is 3.94. The number of hydrogen-bond acceptors (Lipinski definition) is 7. The third-order valence-electron chi connectivity index (χ3n) is 7.93. The van der Waals surface area contributed by atoms with Gasteiger partial charge in [0.15, 0.2) is 29.2 Å². The Bertz CT molecular complexity index is 2290. The fourth-order valence-electron chi connectivity index (χ4n) is 5.94. The van der Waals surface area contributed by atoms with Crippen LogP contribution in [0.4, 0.5) is 29.3 Å². The van der Waals surface area contributed by atoms with Gasteiger partial charge in [-0.25, -0.2) is 33.7 Å². The number of amidine groups is 5. The number of benzene rings is 4. The van der Waals surface area contributed by atoms with Crippen molar-refractivity contribution in [2.45, 2.75) is 5.92 Å². The minimum Gasteiger partial charge on any atom is -0.323 e. The number of aliphatic imine (C=N–C) groups is 5. The molecule has 8 bridgehead atoms. The molecule has 45 heavy (non-hydrogen) atoms. The Morgan fingerprint density at radius 2 is 1.33 bits per heavy atom. The predicted molar refractivity (Wildman–Crippen MR) is 159 cm³/mol. The minimum atomic E-state index is -2.58. The molecule has 2 N–H and O–H groups in total. The molecule has 13 heteroatoms. The van der Waals surface area contributed by atoms with Crippen LogP contribution in [0.25, 0.3) is 10.8 Å². The number of fused-ring (bicyclic) bond motifs is 18. The molecule has 9 rings (SSSR count). The number of aromatic amines is 1. The maximum absolute atomic E-state index is 17.0. The van der Waals surface area contributed by atoms with Gasteiger partial charge < -0.3 is 10.3 Å². The maximum Gasteiger partial charge on any atom is 0.305 e. The number of hydrogen-bond donors (Lipinski definition) is 2. The number of nitrogens with one attached hydrogen (secondary N) is 2. The van der Waals surface area contributed by atoms with E-state index in [1.165, 1.54) is 24.3 Å². The molecular weight excluding hydrogens is 636 g/mol. The topological polar surface area (TPSA) is 92.9 Å². The fraction of sp³-hybridized carbons (Fsp3) is 0.0312. The van der Waals surface area contributed by atoms with Crippen LogP contribution in [0.3, 0.4) is 0 Å². The van der Waals surface area contributed by atoms with E-state index in [2.05, 4.69) is 25.3 Å². The van der Waals surface area contributed by atoms with Gasteiger partial charge in [0.2, 0.25) is 0 Å². The predicted octanol–water partition coefficient (Wildman–Crippen LogP) is 6.32. The smallest absolute Gasteiger partial charge is 0.305 e. The van der Waals surface area contributed by atoms with Gasteiger partial charge in [-0.3, -0.25) is 0 Å². The van der Waals surface area contributed by atoms with E-state index >= 15 is 8.87 Å². The zero-order chi connectivity index (χ0) is 29.7. The van der Waals surface area contributed by atoms with E-state index in [1.54, 1.807) is 36.4 Å². The fourth-order valence-corrected chi connectivity index (χ4v) is 5.94. The van der Waals surface area contributed by atoms with Crippen molar-refractivity contribution in [3.05, 3.63) is 130 Å². The van der Waals surface area contributed by atoms with Crippen LogP contribution in [0.5, 0.6) is 0 Å². The van der Waals surface area contributed by atoms with Gasteiger partial charge in [0.25, 0.3) is 0 Å². The molecule has 1 unspecified atom stereocenters. The number of anilines is 1. The number of halogens is 4. The molecular formula is C32H16CuF4N8. The summed E-state index contributed by atoms with van der Waals surface area (Å²) >= 11 is 0. The van der Waals surface area contributed by atoms with Crippen molar-refractivity contribution < 1.29 is 34.7 Å². The van der Waals surface area contributed by atoms with Crippen LogP contribution in [0.2, 0.25) is 0 Å². The number of rotatable bonds is 0. The van der Waals surface area contributed by atoms with Gasteiger partial charge in [-0.15, -0.1) is 5.12 Å². The van der Waals surface area contributed by atoms with Crippen molar-refractivity contribution in [1.82, 2.24) is 10.3 Å². The molecule has 8 nitrogen and oxygen atoms in total. The summed E-state index contributed by atoms with van der Waals surface area (Å²) in [6, 6.07) is 21.3. The van der Waals surface area contributed by atoms with Crippen molar-refractivity contribution in [1.29, 1.82) is 0 Å². The second kappa shape index (κ2) is 9.55. The molecule has 0 fully saturated rings. The molecule has 0 spiro atoms. The normalized spacial score (nSPS) is 22.4. The van der Waals surface area contributed by atoms with Gasteiger partial charge in [-0.1, -0.05) is 53.0 Å². The zero-order valence-electron chi connectivity index (χ0n) is 22.6. The van der Waals surface area contributed by atoms with Crippen LogP contribution < -0.4 is 10.4 Å². The van der Waals surface area contributed by atoms with E-state index in [9.17, 15) is 8.78 Å². The SMILES string of the molecule is Fc1ccc2c(c1)/C1=N/C3(F)N\C(=N/C4=N\C(=N/c5[nH]c(c6ccc(F)cc56)N(F)C2=N1)c1ccccc14)c1ccccc13.[Cu]. The van der Waals surface area contributed by atoms with Crippen molar-refractivity contribution in [2.24, 2.45) is 25.0 Å². The molecule has 1 aromatic heterocycles. The average Bonchev–Trinajstić information content (AvgIpc) is 3.74. The molecule has 0 saturated carbocycles. The summed E-state index contributed by atoms with van der Waals surface area (Å²) in [5.74, 6) is -3.59. The minimum absolute atomic E-state index is 0. The molecule has 1 atom stereocenters. The Morgan fingerprint density at radius 1 is 0.644 bits per heavy atom. The van der Waals surface area contributed by atoms with Gasteiger partial charge in [0.05, 0.1) is 0 Å². The van der Waals surface area contributed by atoms with Crippen LogP contribution in [-0.2, 0) is 23.0 Å². The molecule has 223 valence electrons. The summed E-state index contributed by atoms with van der Waals surface area (Å²) < 4.78 is 62.5. The van der Waals surface area contributed by atoms with E-state index in [0.717, 1.165) is 12.1 Å². The molecule has 5 aromatic rings. The second-order valence-electron chi connectivity index (χ2n) is 10.5. The van der Waals surface area contributed by atoms with Crippen LogP contribution >= 0.6 is 0 Å². The van der Waals surface area contributed by atoms with Crippen LogP contribution in [0.1, 0.15) is 33.4 Å². The number of nitrogens with zero attached hydrogens (tertiary/aromatic N) is 6. The van der Waals surface area contributed by atoms with Crippen LogP contribution in [-0.4, -0.2) is 34.2 Å². The molecule has 1 radical (unpaired) electrons. The monoisotopic (exact) mass is 651 g/mol. The van der Waals surface area contributed by atoms with Crippen LogP contribution in [0.15, 0.2) is 110 Å². The largest absolute Gasteiger partial charge is 0.323 e. The summed E-state index contributed by atoms with van der Waals surface area (Å²) in [4.78, 5) is 25.7. The summed E-state index contributed by atoms with van der Waals surface area (Å²) in [5.41, 5.74) is 2.11. The quantitative estimate of drug-likeness (QED) is 0.0888. The average molecular weight is 652 g/mol. The first-order valence-corrected chi connectivity index (χ1v) is 13.6. The summed E-state index contributed by atoms with van der Waals surface area (Å²) in [7, 11) is 0. The third-order valence-corrected chi connectivity index (χ3v) is 7.93. The van der Waals surface area contributed by atoms with Crippen LogP contribution in [0, 0.1) is 11.6 Å². The summed E-state index contributed by atoms with van der Waals surface area (Å²) in [6.45, 7) is 0. The van der Waals surface area contributed by atoms with Gasteiger partial charge in [0.1, 0.15) is 23.3 Å². The molecule has 4 aromatic carbocycles. The van der Waals surface area contributed by atoms with Crippen molar-refractivity contribution >= 4 is 51.6 Å². The van der Waals surface area contributed by atoms with Gasteiger partial charge in [-0.2, -0.15) is 4.39 Å². The zero-order valence-corrected chi connectivity index (χ0v) is 23.5. The standard InChI is InChI=1S/C32H16F4N8.Cu/c33-15-9-11-19-22(13-15)27-38-25-17-5-1-2-6-18(17)26(37-25)39-28-21-7-3-4-8-24(21)32(35,42-28)43-29-23-14-16(34)10-12-20(23)31(41-29)44(36)30(19)40-27;/h1-14,40H,(H,37,38,39,42);/b43-29-;. The molecule has 4 aliphatic rings. The molecule has 0 aliphatic carbocycles. The van der Waals surface area contributed by atoms with Crippen molar-refractivity contribution in [2.75, 3.05) is 5.12 Å². The van der Waals surface area contributed by atoms with E-state index in [1.807, 2.05) is 12.1 Å². The van der Waals surface area contributed by atoms with Gasteiger partial charge >= 0.3 is 5.92 Å². The van der Waals surface area contributed by atoms with E-state index < -0.39 is 17.6 Å². The Kier molecular flexibility index (Phi) is 5.77. The molecule has 0 saturated heterocycles. The first-order valence-electron chi connectivity index (χ1n) is 13.6. The second-order valence-corrected chi connectivity index (χ2v) is 10.5. The van der Waals surface area contributed by atoms with Crippen molar-refractivity contribution in [3.63, 3.8) is 0 Å². The number of aromatic nitrogens is 1. The van der Waals surface area contributed by atoms with E-state index in [-0.39, 0.29) is 85.1 Å². The van der Waals surface area contributed by atoms with E-state index in [4.69, 9.17) is 9.98 Å². The first kappa shape index (κ1) is 27.2. The Hall–Kier alpha value is -5.39. The summed E-state index contributed by atoms with van der Waals surface area (Å²) in [6.07, 6.45) is 0. The molecule has 4 aliphatic heterocycles. The molecule has 5 heterocycles. The Balaban J connectivity index is 0.00000300. The Labute approximate surface area is 262 Å². The van der Waals surface area contributed by atoms with Gasteiger partial charge in [0, 0.05) is 61.2 Å².